The second-order valence-electron chi connectivity index (χ2n) is 4.09. The molecule has 0 saturated heterocycles. The fraction of sp³-hybridized carbons (Fsp3) is 0. The summed E-state index contributed by atoms with van der Waals surface area (Å²) in [6, 6.07) is 7.14. The van der Waals surface area contributed by atoms with E-state index in [1.807, 2.05) is 0 Å². The monoisotopic (exact) mass is 300 g/mol. The third kappa shape index (κ3) is 2.73. The Morgan fingerprint density at radius 2 is 2.10 bits per heavy atom. The predicted octanol–water partition coefficient (Wildman–Crippen LogP) is 4.14. The SMILES string of the molecule is [C-]#[N+]c1cc(F)cc(-c2noc(-c3ccc(Cl)cn3)n2)c1. The van der Waals surface area contributed by atoms with E-state index in [9.17, 15) is 4.39 Å². The first-order valence-corrected chi connectivity index (χ1v) is 6.17. The van der Waals surface area contributed by atoms with Crippen LogP contribution in [-0.2, 0) is 0 Å². The molecule has 0 fully saturated rings. The number of benzene rings is 1. The smallest absolute Gasteiger partial charge is 0.276 e. The Balaban J connectivity index is 2.00. The van der Waals surface area contributed by atoms with Gasteiger partial charge in [0.2, 0.25) is 5.82 Å². The lowest BCUT2D eigenvalue weighted by Crippen LogP contribution is -1.85. The van der Waals surface area contributed by atoms with Crippen molar-refractivity contribution in [3.63, 3.8) is 0 Å². The molecule has 7 heteroatoms. The standard InChI is InChI=1S/C14H6ClFN4O/c1-17-11-5-8(4-10(16)6-11)13-19-14(21-20-13)12-3-2-9(15)7-18-12/h2-7H. The summed E-state index contributed by atoms with van der Waals surface area (Å²) in [5.74, 6) is -0.157. The van der Waals surface area contributed by atoms with E-state index >= 15 is 0 Å². The number of halogens is 2. The van der Waals surface area contributed by atoms with Gasteiger partial charge in [-0.15, -0.1) is 0 Å². The summed E-state index contributed by atoms with van der Waals surface area (Å²) < 4.78 is 18.5. The van der Waals surface area contributed by atoms with Gasteiger partial charge in [-0.05, 0) is 30.3 Å². The second kappa shape index (κ2) is 5.31. The molecule has 0 N–H and O–H groups in total. The molecule has 0 atom stereocenters. The number of rotatable bonds is 2. The molecular formula is C14H6ClFN4O. The highest BCUT2D eigenvalue weighted by Crippen LogP contribution is 2.26. The molecule has 0 bridgehead atoms. The van der Waals surface area contributed by atoms with E-state index in [0.29, 0.717) is 16.3 Å². The molecule has 0 aliphatic rings. The van der Waals surface area contributed by atoms with Crippen molar-refractivity contribution in [2.24, 2.45) is 0 Å². The third-order valence-electron chi connectivity index (χ3n) is 2.64. The number of aromatic nitrogens is 3. The predicted molar refractivity (Wildman–Crippen MR) is 74.2 cm³/mol. The van der Waals surface area contributed by atoms with Crippen molar-refractivity contribution >= 4 is 17.3 Å². The topological polar surface area (TPSA) is 56.2 Å². The molecule has 0 unspecified atom stereocenters. The van der Waals surface area contributed by atoms with E-state index in [1.165, 1.54) is 18.3 Å². The zero-order valence-electron chi connectivity index (χ0n) is 10.4. The summed E-state index contributed by atoms with van der Waals surface area (Å²) in [5, 5.41) is 4.26. The quantitative estimate of drug-likeness (QED) is 0.667. The molecule has 102 valence electrons. The van der Waals surface area contributed by atoms with E-state index < -0.39 is 5.82 Å². The van der Waals surface area contributed by atoms with Crippen LogP contribution in [0.15, 0.2) is 41.1 Å². The molecule has 0 aliphatic carbocycles. The number of hydrogen-bond donors (Lipinski definition) is 0. The van der Waals surface area contributed by atoms with Crippen LogP contribution >= 0.6 is 11.6 Å². The summed E-state index contributed by atoms with van der Waals surface area (Å²) in [4.78, 5) is 11.4. The highest BCUT2D eigenvalue weighted by Gasteiger charge is 2.13. The Hall–Kier alpha value is -2.78. The lowest BCUT2D eigenvalue weighted by molar-refractivity contribution is 0.431. The average Bonchev–Trinajstić information content (AvgIpc) is 2.97. The van der Waals surface area contributed by atoms with Gasteiger partial charge < -0.3 is 4.52 Å². The zero-order chi connectivity index (χ0) is 14.8. The van der Waals surface area contributed by atoms with Gasteiger partial charge in [-0.3, -0.25) is 0 Å². The van der Waals surface area contributed by atoms with Crippen LogP contribution in [0.25, 0.3) is 27.8 Å². The maximum absolute atomic E-state index is 13.4. The van der Waals surface area contributed by atoms with Gasteiger partial charge in [0.15, 0.2) is 5.69 Å². The Morgan fingerprint density at radius 3 is 2.81 bits per heavy atom. The zero-order valence-corrected chi connectivity index (χ0v) is 11.2. The van der Waals surface area contributed by atoms with Crippen LogP contribution in [0.3, 0.4) is 0 Å². The molecule has 0 aliphatic heterocycles. The summed E-state index contributed by atoms with van der Waals surface area (Å²) in [5.41, 5.74) is 0.992. The molecule has 1 aromatic carbocycles. The van der Waals surface area contributed by atoms with Crippen molar-refractivity contribution in [1.29, 1.82) is 0 Å². The summed E-state index contributed by atoms with van der Waals surface area (Å²) >= 11 is 5.75. The van der Waals surface area contributed by atoms with Crippen molar-refractivity contribution in [1.82, 2.24) is 15.1 Å². The van der Waals surface area contributed by atoms with Gasteiger partial charge in [0.25, 0.3) is 5.89 Å². The lowest BCUT2D eigenvalue weighted by atomic mass is 10.2. The van der Waals surface area contributed by atoms with Crippen molar-refractivity contribution in [2.45, 2.75) is 0 Å². The summed E-state index contributed by atoms with van der Waals surface area (Å²) in [6.07, 6.45) is 1.46. The van der Waals surface area contributed by atoms with Gasteiger partial charge in [-0.2, -0.15) is 4.98 Å². The molecule has 0 saturated carbocycles. The normalized spacial score (nSPS) is 10.3. The van der Waals surface area contributed by atoms with E-state index in [0.717, 1.165) is 6.07 Å². The van der Waals surface area contributed by atoms with Crippen LogP contribution in [0.1, 0.15) is 0 Å². The van der Waals surface area contributed by atoms with E-state index in [-0.39, 0.29) is 17.4 Å². The Morgan fingerprint density at radius 1 is 1.24 bits per heavy atom. The summed E-state index contributed by atoms with van der Waals surface area (Å²) in [7, 11) is 0. The van der Waals surface area contributed by atoms with Crippen LogP contribution in [0, 0.1) is 12.4 Å². The largest absolute Gasteiger partial charge is 0.332 e. The van der Waals surface area contributed by atoms with Gasteiger partial charge in [0.05, 0.1) is 11.6 Å². The molecule has 0 amide bonds. The molecule has 2 heterocycles. The first kappa shape index (κ1) is 13.2. The van der Waals surface area contributed by atoms with Crippen LogP contribution in [0.4, 0.5) is 10.1 Å². The minimum Gasteiger partial charge on any atom is -0.332 e. The highest BCUT2D eigenvalue weighted by molar-refractivity contribution is 6.30. The minimum atomic E-state index is -0.533. The van der Waals surface area contributed by atoms with Gasteiger partial charge in [-0.25, -0.2) is 14.2 Å². The third-order valence-corrected chi connectivity index (χ3v) is 2.87. The van der Waals surface area contributed by atoms with Crippen LogP contribution in [0.2, 0.25) is 5.02 Å². The van der Waals surface area contributed by atoms with Crippen LogP contribution in [0.5, 0.6) is 0 Å². The maximum atomic E-state index is 13.4. The van der Waals surface area contributed by atoms with Gasteiger partial charge in [0.1, 0.15) is 11.5 Å². The van der Waals surface area contributed by atoms with Crippen LogP contribution in [-0.4, -0.2) is 15.1 Å². The Labute approximate surface area is 123 Å². The Kier molecular flexibility index (Phi) is 3.34. The maximum Gasteiger partial charge on any atom is 0.276 e. The van der Waals surface area contributed by atoms with Crippen molar-refractivity contribution in [3.05, 3.63) is 58.8 Å². The van der Waals surface area contributed by atoms with Crippen LogP contribution < -0.4 is 0 Å². The van der Waals surface area contributed by atoms with E-state index in [1.54, 1.807) is 12.1 Å². The van der Waals surface area contributed by atoms with Gasteiger partial charge in [0, 0.05) is 11.8 Å². The number of nitrogens with zero attached hydrogens (tertiary/aromatic N) is 4. The first-order valence-electron chi connectivity index (χ1n) is 5.80. The molecule has 3 rings (SSSR count). The fourth-order valence-corrected chi connectivity index (χ4v) is 1.83. The number of hydrogen-bond acceptors (Lipinski definition) is 4. The second-order valence-corrected chi connectivity index (χ2v) is 4.53. The van der Waals surface area contributed by atoms with Crippen molar-refractivity contribution in [2.75, 3.05) is 0 Å². The molecule has 21 heavy (non-hydrogen) atoms. The van der Waals surface area contributed by atoms with Gasteiger partial charge in [-0.1, -0.05) is 16.8 Å². The molecule has 5 nitrogen and oxygen atoms in total. The lowest BCUT2D eigenvalue weighted by Gasteiger charge is -1.96. The van der Waals surface area contributed by atoms with E-state index in [4.69, 9.17) is 22.7 Å². The molecule has 3 aromatic rings. The molecule has 0 radical (unpaired) electrons. The molecular weight excluding hydrogens is 295 g/mol. The average molecular weight is 301 g/mol. The van der Waals surface area contributed by atoms with Gasteiger partial charge >= 0.3 is 0 Å². The van der Waals surface area contributed by atoms with Crippen molar-refractivity contribution in [3.8, 4) is 23.0 Å². The van der Waals surface area contributed by atoms with Crippen molar-refractivity contribution < 1.29 is 8.91 Å². The van der Waals surface area contributed by atoms with E-state index in [2.05, 4.69) is 20.0 Å². The first-order chi connectivity index (χ1) is 10.2. The molecule has 2 aromatic heterocycles. The minimum absolute atomic E-state index is 0.168. The molecule has 0 spiro atoms. The summed E-state index contributed by atoms with van der Waals surface area (Å²) in [6.45, 7) is 6.93. The highest BCUT2D eigenvalue weighted by atomic mass is 35.5. The number of pyridine rings is 1. The fourth-order valence-electron chi connectivity index (χ4n) is 1.71. The Bertz CT molecular complexity index is 839.